The fourth-order valence-corrected chi connectivity index (χ4v) is 0.714. The first-order valence-corrected chi connectivity index (χ1v) is 5.82. The van der Waals surface area contributed by atoms with Gasteiger partial charge in [-0.1, -0.05) is 0 Å². The smallest absolute Gasteiger partial charge is 0.147 e. The minimum Gasteiger partial charge on any atom is -0.386 e. The molecule has 0 saturated carbocycles. The van der Waals surface area contributed by atoms with E-state index in [1.165, 1.54) is 13.3 Å². The molecule has 0 aliphatic heterocycles. The summed E-state index contributed by atoms with van der Waals surface area (Å²) in [5.74, 6) is 6.72. The third-order valence-corrected chi connectivity index (χ3v) is 1.45. The van der Waals surface area contributed by atoms with Crippen molar-refractivity contribution in [3.63, 3.8) is 0 Å². The standard InChI is InChI=1S/C4H7N3.C3H5N3.C2H7N3.C2H3N.CH3.W.2Y/c1-4-5-3-7(2)6-4;1-3-4-2-5-6-3;1-2(3)5-4;1-2-3;;;;/h3H,1-2H3;2H,1H3,(H,4,5,6);4H2,1H3,(H2,3,5);1H3;1H3;;;/q;;;;-1;;;. The molecule has 0 aromatic carbocycles. The predicted molar refractivity (Wildman–Crippen MR) is 86.0 cm³/mol. The number of aromatic nitrogens is 6. The van der Waals surface area contributed by atoms with Gasteiger partial charge >= 0.3 is 0 Å². The van der Waals surface area contributed by atoms with Gasteiger partial charge in [-0.3, -0.25) is 9.78 Å². The summed E-state index contributed by atoms with van der Waals surface area (Å²) >= 11 is 0. The summed E-state index contributed by atoms with van der Waals surface area (Å²) in [7, 11) is 1.85. The van der Waals surface area contributed by atoms with Crippen molar-refractivity contribution in [3.05, 3.63) is 31.7 Å². The molecular formula is C12H25N10WY2-. The average molecular weight is 671 g/mol. The van der Waals surface area contributed by atoms with Crippen molar-refractivity contribution in [2.75, 3.05) is 0 Å². The third kappa shape index (κ3) is 35.8. The third-order valence-electron chi connectivity index (χ3n) is 1.45. The van der Waals surface area contributed by atoms with Gasteiger partial charge in [-0.15, -0.1) is 0 Å². The minimum atomic E-state index is 0. The van der Waals surface area contributed by atoms with Gasteiger partial charge in [0.05, 0.1) is 6.07 Å². The van der Waals surface area contributed by atoms with E-state index >= 15 is 0 Å². The first-order chi connectivity index (χ1) is 9.87. The molecule has 5 N–H and O–H groups in total. The number of nitrogens with zero attached hydrogens (tertiary/aromatic N) is 7. The van der Waals surface area contributed by atoms with E-state index in [0.29, 0.717) is 5.84 Å². The summed E-state index contributed by atoms with van der Waals surface area (Å²) in [5, 5.41) is 20.5. The Balaban J connectivity index is -0.0000000473. The molecule has 0 spiro atoms. The van der Waals surface area contributed by atoms with Crippen molar-refractivity contribution in [2.45, 2.75) is 27.7 Å². The van der Waals surface area contributed by atoms with Gasteiger partial charge in [0.2, 0.25) is 0 Å². The number of amidine groups is 1. The van der Waals surface area contributed by atoms with Crippen molar-refractivity contribution in [1.29, 1.82) is 5.26 Å². The van der Waals surface area contributed by atoms with Gasteiger partial charge in [-0.25, -0.2) is 9.97 Å². The monoisotopic (exact) mass is 671 g/mol. The Kier molecular flexibility index (Phi) is 45.8. The fraction of sp³-hybridized carbons (Fsp3) is 0.417. The summed E-state index contributed by atoms with van der Waals surface area (Å²) in [6, 6.07) is 1.75. The van der Waals surface area contributed by atoms with Crippen molar-refractivity contribution >= 4 is 5.84 Å². The van der Waals surface area contributed by atoms with Crippen LogP contribution in [-0.4, -0.2) is 35.8 Å². The van der Waals surface area contributed by atoms with Crippen molar-refractivity contribution in [2.24, 2.45) is 23.7 Å². The van der Waals surface area contributed by atoms with E-state index in [1.54, 1.807) is 24.0 Å². The number of aryl methyl sites for hydroxylation is 3. The minimum absolute atomic E-state index is 0. The summed E-state index contributed by atoms with van der Waals surface area (Å²) in [4.78, 5) is 7.62. The van der Waals surface area contributed by atoms with Gasteiger partial charge < -0.3 is 19.0 Å². The van der Waals surface area contributed by atoms with Crippen LogP contribution in [0.3, 0.4) is 0 Å². The molecule has 2 radical (unpaired) electrons. The first kappa shape index (κ1) is 39.8. The number of hydrogen-bond donors (Lipinski definition) is 3. The maximum absolute atomic E-state index is 7.32. The van der Waals surface area contributed by atoms with E-state index < -0.39 is 0 Å². The zero-order chi connectivity index (χ0) is 16.7. The van der Waals surface area contributed by atoms with E-state index in [0.717, 1.165) is 11.6 Å². The molecule has 0 amide bonds. The number of hydrogen-bond acceptors (Lipinski definition) is 7. The molecule has 10 nitrogen and oxygen atoms in total. The molecular weight excluding hydrogens is 646 g/mol. The molecule has 136 valence electrons. The van der Waals surface area contributed by atoms with Gasteiger partial charge in [0, 0.05) is 100 Å². The van der Waals surface area contributed by atoms with Crippen LogP contribution in [0.15, 0.2) is 17.8 Å². The van der Waals surface area contributed by atoms with Crippen molar-refractivity contribution in [1.82, 2.24) is 29.9 Å². The second-order valence-corrected chi connectivity index (χ2v) is 3.53. The van der Waals surface area contributed by atoms with Crippen LogP contribution in [0, 0.1) is 32.6 Å². The Bertz CT molecular complexity index is 516. The van der Waals surface area contributed by atoms with Crippen LogP contribution < -0.4 is 11.6 Å². The molecule has 2 aromatic rings. The molecule has 25 heavy (non-hydrogen) atoms. The summed E-state index contributed by atoms with van der Waals surface area (Å²) in [6.45, 7) is 6.77. The zero-order valence-electron chi connectivity index (χ0n) is 15.5. The molecule has 0 fully saturated rings. The van der Waals surface area contributed by atoms with Gasteiger partial charge in [0.15, 0.2) is 0 Å². The van der Waals surface area contributed by atoms with Crippen molar-refractivity contribution < 1.29 is 86.5 Å². The Morgan fingerprint density at radius 3 is 1.84 bits per heavy atom. The quantitative estimate of drug-likeness (QED) is 0.121. The van der Waals surface area contributed by atoms with E-state index in [4.69, 9.17) is 11.0 Å². The molecule has 0 aliphatic carbocycles. The molecule has 2 aromatic heterocycles. The molecule has 0 bridgehead atoms. The molecule has 13 heteroatoms. The van der Waals surface area contributed by atoms with E-state index in [2.05, 4.69) is 36.2 Å². The Hall–Kier alpha value is -0.0639. The second-order valence-electron chi connectivity index (χ2n) is 3.53. The molecule has 0 unspecified atom stereocenters. The number of aromatic amines is 1. The van der Waals surface area contributed by atoms with Gasteiger partial charge in [0.1, 0.15) is 30.1 Å². The largest absolute Gasteiger partial charge is 0.386 e. The summed E-state index contributed by atoms with van der Waals surface area (Å²) in [6.07, 6.45) is 3.16. The second kappa shape index (κ2) is 28.7. The number of H-pyrrole nitrogens is 1. The Morgan fingerprint density at radius 2 is 1.76 bits per heavy atom. The number of rotatable bonds is 0. The van der Waals surface area contributed by atoms with Crippen molar-refractivity contribution in [3.8, 4) is 6.07 Å². The molecule has 2 heterocycles. The van der Waals surface area contributed by atoms with E-state index in [1.807, 2.05) is 20.9 Å². The van der Waals surface area contributed by atoms with Crippen LogP contribution in [0.2, 0.25) is 0 Å². The topological polar surface area (TPSA) is 160 Å². The predicted octanol–water partition coefficient (Wildman–Crippen LogP) is 0.447. The van der Waals surface area contributed by atoms with Crippen LogP contribution >= 0.6 is 0 Å². The van der Waals surface area contributed by atoms with E-state index in [9.17, 15) is 0 Å². The normalized spacial score (nSPS) is 7.44. The number of nitrogens with two attached hydrogens (primary N) is 2. The summed E-state index contributed by atoms with van der Waals surface area (Å²) < 4.78 is 1.68. The van der Waals surface area contributed by atoms with Crippen LogP contribution in [0.5, 0.6) is 0 Å². The maximum Gasteiger partial charge on any atom is 0.147 e. The maximum atomic E-state index is 7.32. The Morgan fingerprint density at radius 1 is 1.32 bits per heavy atom. The fourth-order valence-electron chi connectivity index (χ4n) is 0.714. The van der Waals surface area contributed by atoms with Gasteiger partial charge in [-0.05, 0) is 20.8 Å². The Labute approximate surface area is 214 Å². The average Bonchev–Trinajstić information content (AvgIpc) is 3.03. The number of hydrazone groups is 1. The summed E-state index contributed by atoms with van der Waals surface area (Å²) in [5.41, 5.74) is 4.92. The molecule has 0 aliphatic rings. The van der Waals surface area contributed by atoms with Crippen LogP contribution in [0.1, 0.15) is 25.5 Å². The first-order valence-electron chi connectivity index (χ1n) is 5.82. The number of nitriles is 1. The zero-order valence-corrected chi connectivity index (χ0v) is 24.1. The van der Waals surface area contributed by atoms with Gasteiger partial charge in [-0.2, -0.15) is 20.6 Å². The molecule has 0 atom stereocenters. The van der Waals surface area contributed by atoms with E-state index in [-0.39, 0.29) is 93.9 Å². The molecule has 2 rings (SSSR count). The van der Waals surface area contributed by atoms with Crippen LogP contribution in [0.4, 0.5) is 0 Å². The number of nitrogens with one attached hydrogen (secondary N) is 1. The SMILES string of the molecule is C/C(N)=N\N.CC#N.Cc1ncn(C)n1.Cc1ncn[nH]1.[CH3-].[W].[Y].[Y]. The van der Waals surface area contributed by atoms with Crippen LogP contribution in [0.25, 0.3) is 0 Å². The van der Waals surface area contributed by atoms with Gasteiger partial charge in [0.25, 0.3) is 0 Å². The molecule has 0 saturated heterocycles. The van der Waals surface area contributed by atoms with Crippen LogP contribution in [-0.2, 0) is 93.5 Å².